The molecule has 1 aliphatic rings. The fourth-order valence-corrected chi connectivity index (χ4v) is 2.69. The van der Waals surface area contributed by atoms with Crippen molar-refractivity contribution < 1.29 is 26.7 Å². The highest BCUT2D eigenvalue weighted by molar-refractivity contribution is 5.33. The molecule has 112 valence electrons. The molecule has 0 amide bonds. The first-order valence-corrected chi connectivity index (χ1v) is 6.24. The van der Waals surface area contributed by atoms with Crippen molar-refractivity contribution in [2.45, 2.75) is 38.5 Å². The van der Waals surface area contributed by atoms with E-state index in [-0.39, 0.29) is 12.2 Å². The zero-order valence-electron chi connectivity index (χ0n) is 11.3. The fraction of sp³-hybridized carbons (Fsp3) is 0.571. The summed E-state index contributed by atoms with van der Waals surface area (Å²) in [5.41, 5.74) is -1.86. The van der Waals surface area contributed by atoms with Crippen molar-refractivity contribution in [3.63, 3.8) is 0 Å². The zero-order chi connectivity index (χ0) is 15.3. The Labute approximate surface area is 113 Å². The van der Waals surface area contributed by atoms with Crippen LogP contribution < -0.4 is 0 Å². The van der Waals surface area contributed by atoms with Gasteiger partial charge in [-0.05, 0) is 31.0 Å². The maximum atomic E-state index is 13.6. The molecule has 0 N–H and O–H groups in total. The summed E-state index contributed by atoms with van der Waals surface area (Å²) in [4.78, 5) is 0. The average molecular weight is 294 g/mol. The molecule has 6 heteroatoms. The Bertz CT molecular complexity index is 525. The summed E-state index contributed by atoms with van der Waals surface area (Å²) < 4.78 is 70.8. The average Bonchev–Trinajstić information content (AvgIpc) is 2.65. The Morgan fingerprint density at radius 2 is 1.85 bits per heavy atom. The van der Waals surface area contributed by atoms with E-state index in [0.717, 1.165) is 13.0 Å². The first-order valence-electron chi connectivity index (χ1n) is 6.24. The van der Waals surface area contributed by atoms with E-state index in [4.69, 9.17) is 4.74 Å². The lowest BCUT2D eigenvalue weighted by Gasteiger charge is -2.32. The van der Waals surface area contributed by atoms with Crippen LogP contribution in [0.25, 0.3) is 0 Å². The van der Waals surface area contributed by atoms with Crippen molar-refractivity contribution in [3.8, 4) is 0 Å². The van der Waals surface area contributed by atoms with Gasteiger partial charge in [-0.3, -0.25) is 0 Å². The van der Waals surface area contributed by atoms with Gasteiger partial charge >= 0.3 is 6.18 Å². The summed E-state index contributed by atoms with van der Waals surface area (Å²) in [5.74, 6) is -3.52. The van der Waals surface area contributed by atoms with Crippen LogP contribution in [0, 0.1) is 24.5 Å². The van der Waals surface area contributed by atoms with Crippen molar-refractivity contribution in [1.29, 1.82) is 0 Å². The molecule has 0 aliphatic carbocycles. The summed E-state index contributed by atoms with van der Waals surface area (Å²) >= 11 is 0. The topological polar surface area (TPSA) is 9.23 Å². The predicted octanol–water partition coefficient (Wildman–Crippen LogP) is 4.34. The molecular formula is C14H15F5O. The third-order valence-corrected chi connectivity index (χ3v) is 4.38. The lowest BCUT2D eigenvalue weighted by atomic mass is 9.78. The predicted molar refractivity (Wildman–Crippen MR) is 63.4 cm³/mol. The molecule has 0 bridgehead atoms. The highest BCUT2D eigenvalue weighted by Crippen LogP contribution is 2.50. The SMILES string of the molecule is Cc1c(C2COC(C)(C(F)(F)F)C2C)ccc(F)c1F. The van der Waals surface area contributed by atoms with Crippen LogP contribution in [0.15, 0.2) is 12.1 Å². The highest BCUT2D eigenvalue weighted by atomic mass is 19.4. The van der Waals surface area contributed by atoms with Gasteiger partial charge in [0.05, 0.1) is 6.61 Å². The molecule has 20 heavy (non-hydrogen) atoms. The minimum Gasteiger partial charge on any atom is -0.365 e. The standard InChI is InChI=1S/C14H15F5O/c1-7-9(4-5-11(15)12(7)16)10-6-20-13(3,8(10)2)14(17,18)19/h4-5,8,10H,6H2,1-3H3. The second kappa shape index (κ2) is 4.69. The summed E-state index contributed by atoms with van der Waals surface area (Å²) in [6, 6.07) is 2.27. The molecule has 1 aromatic carbocycles. The van der Waals surface area contributed by atoms with Crippen LogP contribution in [-0.4, -0.2) is 18.4 Å². The normalized spacial score (nSPS) is 30.8. The van der Waals surface area contributed by atoms with Crippen LogP contribution in [0.5, 0.6) is 0 Å². The van der Waals surface area contributed by atoms with Crippen molar-refractivity contribution in [2.24, 2.45) is 5.92 Å². The lowest BCUT2D eigenvalue weighted by Crippen LogP contribution is -2.46. The first kappa shape index (κ1) is 15.2. The minimum atomic E-state index is -4.51. The van der Waals surface area contributed by atoms with E-state index in [1.807, 2.05) is 0 Å². The maximum Gasteiger partial charge on any atom is 0.417 e. The van der Waals surface area contributed by atoms with E-state index >= 15 is 0 Å². The van der Waals surface area contributed by atoms with Crippen LogP contribution in [0.4, 0.5) is 22.0 Å². The van der Waals surface area contributed by atoms with Crippen molar-refractivity contribution in [3.05, 3.63) is 34.9 Å². The maximum absolute atomic E-state index is 13.6. The van der Waals surface area contributed by atoms with Crippen LogP contribution in [0.1, 0.15) is 30.9 Å². The van der Waals surface area contributed by atoms with Gasteiger partial charge in [-0.25, -0.2) is 8.78 Å². The van der Waals surface area contributed by atoms with Crippen LogP contribution >= 0.6 is 0 Å². The molecule has 1 fully saturated rings. The van der Waals surface area contributed by atoms with Gasteiger partial charge < -0.3 is 4.74 Å². The van der Waals surface area contributed by atoms with E-state index in [9.17, 15) is 22.0 Å². The lowest BCUT2D eigenvalue weighted by molar-refractivity contribution is -0.266. The molecule has 0 radical (unpaired) electrons. The van der Waals surface area contributed by atoms with Gasteiger partial charge in [-0.2, -0.15) is 13.2 Å². The van der Waals surface area contributed by atoms with Gasteiger partial charge in [-0.1, -0.05) is 13.0 Å². The Morgan fingerprint density at radius 1 is 1.25 bits per heavy atom. The van der Waals surface area contributed by atoms with Crippen LogP contribution in [0.3, 0.4) is 0 Å². The molecule has 1 saturated heterocycles. The van der Waals surface area contributed by atoms with E-state index in [1.54, 1.807) is 0 Å². The first-order chi connectivity index (χ1) is 9.09. The zero-order valence-corrected chi connectivity index (χ0v) is 11.3. The number of hydrogen-bond acceptors (Lipinski definition) is 1. The molecular weight excluding hydrogens is 279 g/mol. The quantitative estimate of drug-likeness (QED) is 0.700. The van der Waals surface area contributed by atoms with Gasteiger partial charge in [0, 0.05) is 11.8 Å². The summed E-state index contributed by atoms with van der Waals surface area (Å²) in [6.45, 7) is 3.62. The number of rotatable bonds is 1. The smallest absolute Gasteiger partial charge is 0.365 e. The van der Waals surface area contributed by atoms with Gasteiger partial charge in [-0.15, -0.1) is 0 Å². The van der Waals surface area contributed by atoms with E-state index in [1.165, 1.54) is 19.9 Å². The third kappa shape index (κ3) is 2.10. The molecule has 2 rings (SSSR count). The number of alkyl halides is 3. The third-order valence-electron chi connectivity index (χ3n) is 4.38. The number of benzene rings is 1. The number of halogens is 5. The van der Waals surface area contributed by atoms with E-state index < -0.39 is 35.2 Å². The van der Waals surface area contributed by atoms with Crippen LogP contribution in [0.2, 0.25) is 0 Å². The monoisotopic (exact) mass is 294 g/mol. The van der Waals surface area contributed by atoms with Gasteiger partial charge in [0.25, 0.3) is 0 Å². The van der Waals surface area contributed by atoms with E-state index in [0.29, 0.717) is 5.56 Å². The Kier molecular flexibility index (Phi) is 3.57. The number of hydrogen-bond donors (Lipinski definition) is 0. The summed E-state index contributed by atoms with van der Waals surface area (Å²) in [6.07, 6.45) is -4.51. The van der Waals surface area contributed by atoms with Crippen molar-refractivity contribution in [2.75, 3.05) is 6.61 Å². The Hall–Kier alpha value is -1.17. The minimum absolute atomic E-state index is 0.0388. The van der Waals surface area contributed by atoms with Crippen molar-refractivity contribution >= 4 is 0 Å². The summed E-state index contributed by atoms with van der Waals surface area (Å²) in [5, 5.41) is 0. The molecule has 1 heterocycles. The molecule has 3 atom stereocenters. The molecule has 1 aliphatic heterocycles. The van der Waals surface area contributed by atoms with Crippen molar-refractivity contribution in [1.82, 2.24) is 0 Å². The molecule has 0 spiro atoms. The fourth-order valence-electron chi connectivity index (χ4n) is 2.69. The highest BCUT2D eigenvalue weighted by Gasteiger charge is 2.61. The Balaban J connectivity index is 2.40. The van der Waals surface area contributed by atoms with Gasteiger partial charge in [0.15, 0.2) is 17.2 Å². The molecule has 0 saturated carbocycles. The molecule has 1 aromatic rings. The van der Waals surface area contributed by atoms with Crippen LogP contribution in [-0.2, 0) is 4.74 Å². The summed E-state index contributed by atoms with van der Waals surface area (Å²) in [7, 11) is 0. The molecule has 0 aromatic heterocycles. The molecule has 3 unspecified atom stereocenters. The van der Waals surface area contributed by atoms with E-state index in [2.05, 4.69) is 0 Å². The van der Waals surface area contributed by atoms with Gasteiger partial charge in [0.2, 0.25) is 0 Å². The van der Waals surface area contributed by atoms with Gasteiger partial charge in [0.1, 0.15) is 0 Å². The second-order valence-electron chi connectivity index (χ2n) is 5.39. The molecule has 1 nitrogen and oxygen atoms in total. The Morgan fingerprint density at radius 3 is 2.35 bits per heavy atom. The number of ether oxygens (including phenoxy) is 1. The second-order valence-corrected chi connectivity index (χ2v) is 5.39. The largest absolute Gasteiger partial charge is 0.417 e.